The van der Waals surface area contributed by atoms with Gasteiger partial charge in [0, 0.05) is 11.0 Å². The maximum absolute atomic E-state index is 11.3. The first-order chi connectivity index (χ1) is 8.06. The van der Waals surface area contributed by atoms with Crippen LogP contribution in [-0.2, 0) is 9.53 Å². The molecule has 6 heteroatoms. The second-order valence-electron chi connectivity index (χ2n) is 3.55. The van der Waals surface area contributed by atoms with Crippen molar-refractivity contribution in [1.82, 2.24) is 0 Å². The maximum atomic E-state index is 11.3. The summed E-state index contributed by atoms with van der Waals surface area (Å²) < 4.78 is 4.73. The molecule has 2 atom stereocenters. The van der Waals surface area contributed by atoms with Gasteiger partial charge in [0.25, 0.3) is 0 Å². The summed E-state index contributed by atoms with van der Waals surface area (Å²) in [7, 11) is 0. The van der Waals surface area contributed by atoms with E-state index >= 15 is 0 Å². The van der Waals surface area contributed by atoms with Crippen molar-refractivity contribution in [2.24, 2.45) is 5.92 Å². The fourth-order valence-electron chi connectivity index (χ4n) is 1.65. The third-order valence-electron chi connectivity index (χ3n) is 2.54. The maximum Gasteiger partial charge on any atom is 0.330 e. The van der Waals surface area contributed by atoms with Gasteiger partial charge in [0.2, 0.25) is 0 Å². The van der Waals surface area contributed by atoms with E-state index in [9.17, 15) is 14.9 Å². The molecule has 6 nitrogen and oxygen atoms in total. The van der Waals surface area contributed by atoms with E-state index in [0.29, 0.717) is 0 Å². The Labute approximate surface area is 98.3 Å². The molecular weight excluding hydrogens is 224 g/mol. The lowest BCUT2D eigenvalue weighted by Crippen LogP contribution is -2.43. The topological polar surface area (TPSA) is 93.2 Å². The van der Waals surface area contributed by atoms with E-state index in [1.165, 1.54) is 18.2 Å². The van der Waals surface area contributed by atoms with Crippen molar-refractivity contribution >= 4 is 5.97 Å². The summed E-state index contributed by atoms with van der Waals surface area (Å²) in [5.41, 5.74) is -1.87. The van der Waals surface area contributed by atoms with Gasteiger partial charge < -0.3 is 4.74 Å². The van der Waals surface area contributed by atoms with Gasteiger partial charge in [-0.15, -0.1) is 0 Å². The number of allylic oxidation sites excluding steroid dienone is 2. The second-order valence-corrected chi connectivity index (χ2v) is 3.55. The normalized spacial score (nSPS) is 26.2. The van der Waals surface area contributed by atoms with Crippen molar-refractivity contribution in [2.45, 2.75) is 18.9 Å². The molecular formula is C11H12N2O4. The quantitative estimate of drug-likeness (QED) is 0.415. The van der Waals surface area contributed by atoms with E-state index < -0.39 is 22.3 Å². The average Bonchev–Trinajstić information content (AvgIpc) is 2.29. The Hall–Kier alpha value is -2.16. The first kappa shape index (κ1) is 12.9. The van der Waals surface area contributed by atoms with Gasteiger partial charge in [-0.05, 0) is 6.92 Å². The van der Waals surface area contributed by atoms with Crippen molar-refractivity contribution in [3.05, 3.63) is 34.4 Å². The highest BCUT2D eigenvalue weighted by molar-refractivity contribution is 5.70. The smallest absolute Gasteiger partial charge is 0.330 e. The molecule has 0 radical (unpaired) electrons. The van der Waals surface area contributed by atoms with E-state index in [1.807, 2.05) is 0 Å². The summed E-state index contributed by atoms with van der Waals surface area (Å²) in [5.74, 6) is -1.34. The van der Waals surface area contributed by atoms with Crippen molar-refractivity contribution < 1.29 is 14.5 Å². The first-order valence-electron chi connectivity index (χ1n) is 5.14. The molecule has 1 aliphatic rings. The third-order valence-corrected chi connectivity index (χ3v) is 2.54. The van der Waals surface area contributed by atoms with Gasteiger partial charge in [-0.1, -0.05) is 18.2 Å². The second kappa shape index (κ2) is 5.25. The number of ether oxygens (including phenoxy) is 1. The molecule has 0 saturated carbocycles. The summed E-state index contributed by atoms with van der Waals surface area (Å²) in [5, 5.41) is 20.0. The molecule has 0 aromatic carbocycles. The molecule has 90 valence electrons. The molecule has 17 heavy (non-hydrogen) atoms. The zero-order valence-electron chi connectivity index (χ0n) is 9.33. The van der Waals surface area contributed by atoms with Crippen LogP contribution in [0, 0.1) is 27.4 Å². The number of nitriles is 1. The van der Waals surface area contributed by atoms with Crippen molar-refractivity contribution in [1.29, 1.82) is 5.26 Å². The number of carbonyl (C=O) groups is 1. The van der Waals surface area contributed by atoms with Crippen molar-refractivity contribution in [3.8, 4) is 6.07 Å². The minimum absolute atomic E-state index is 0.177. The number of carbonyl (C=O) groups excluding carboxylic acids is 1. The van der Waals surface area contributed by atoms with E-state index in [4.69, 9.17) is 10.00 Å². The Morgan fingerprint density at radius 1 is 1.65 bits per heavy atom. The largest absolute Gasteiger partial charge is 0.466 e. The molecule has 0 bridgehead atoms. The van der Waals surface area contributed by atoms with Crippen LogP contribution < -0.4 is 0 Å². The molecule has 0 aliphatic heterocycles. The number of esters is 1. The molecule has 0 fully saturated rings. The van der Waals surface area contributed by atoms with Crippen LogP contribution in [0.1, 0.15) is 13.3 Å². The molecule has 0 amide bonds. The van der Waals surface area contributed by atoms with Crippen molar-refractivity contribution in [2.75, 3.05) is 6.61 Å². The minimum atomic E-state index is -1.87. The van der Waals surface area contributed by atoms with Gasteiger partial charge in [0.05, 0.1) is 18.9 Å². The van der Waals surface area contributed by atoms with Crippen LogP contribution in [0.2, 0.25) is 0 Å². The van der Waals surface area contributed by atoms with Crippen LogP contribution in [0.4, 0.5) is 0 Å². The summed E-state index contributed by atoms with van der Waals surface area (Å²) in [6.45, 7) is 1.86. The van der Waals surface area contributed by atoms with Gasteiger partial charge in [0.1, 0.15) is 0 Å². The zero-order chi connectivity index (χ0) is 12.9. The summed E-state index contributed by atoms with van der Waals surface area (Å²) in [4.78, 5) is 21.7. The Bertz CT molecular complexity index is 422. The molecule has 0 spiro atoms. The first-order valence-corrected chi connectivity index (χ1v) is 5.14. The van der Waals surface area contributed by atoms with Crippen LogP contribution in [0.3, 0.4) is 0 Å². The van der Waals surface area contributed by atoms with Crippen LogP contribution >= 0.6 is 0 Å². The fraction of sp³-hybridized carbons (Fsp3) is 0.455. The number of nitro groups is 1. The monoisotopic (exact) mass is 236 g/mol. The SMILES string of the molecule is CCOC(=O)CC1C=CC=CC1(C#N)[N+](=O)[O-]. The number of rotatable bonds is 4. The molecule has 1 aliphatic carbocycles. The Balaban J connectivity index is 2.93. The van der Waals surface area contributed by atoms with Gasteiger partial charge >= 0.3 is 11.5 Å². The molecule has 0 heterocycles. The number of nitrogens with zero attached hydrogens (tertiary/aromatic N) is 2. The van der Waals surface area contributed by atoms with Crippen LogP contribution in [-0.4, -0.2) is 23.0 Å². The summed E-state index contributed by atoms with van der Waals surface area (Å²) in [6, 6.07) is 1.67. The molecule has 0 aromatic rings. The highest BCUT2D eigenvalue weighted by Gasteiger charge is 2.49. The average molecular weight is 236 g/mol. The molecule has 0 saturated heterocycles. The third kappa shape index (κ3) is 2.50. The van der Waals surface area contributed by atoms with Gasteiger partial charge in [-0.25, -0.2) is 0 Å². The number of hydrogen-bond acceptors (Lipinski definition) is 5. The standard InChI is InChI=1S/C11H12N2O4/c1-2-17-10(14)7-9-5-3-4-6-11(9,8-12)13(15)16/h3-6,9H,2,7H2,1H3. The Morgan fingerprint density at radius 3 is 2.88 bits per heavy atom. The van der Waals surface area contributed by atoms with Gasteiger partial charge in [0.15, 0.2) is 6.07 Å². The lowest BCUT2D eigenvalue weighted by Gasteiger charge is -2.23. The fourth-order valence-corrected chi connectivity index (χ4v) is 1.65. The molecule has 2 unspecified atom stereocenters. The van der Waals surface area contributed by atoms with E-state index in [0.717, 1.165) is 0 Å². The van der Waals surface area contributed by atoms with E-state index in [2.05, 4.69) is 0 Å². The van der Waals surface area contributed by atoms with E-state index in [1.54, 1.807) is 19.1 Å². The van der Waals surface area contributed by atoms with Crippen LogP contribution in [0.5, 0.6) is 0 Å². The highest BCUT2D eigenvalue weighted by Crippen LogP contribution is 2.30. The Morgan fingerprint density at radius 2 is 2.35 bits per heavy atom. The molecule has 0 aromatic heterocycles. The van der Waals surface area contributed by atoms with E-state index in [-0.39, 0.29) is 13.0 Å². The summed E-state index contributed by atoms with van der Waals surface area (Å²) >= 11 is 0. The Kier molecular flexibility index (Phi) is 3.99. The van der Waals surface area contributed by atoms with Crippen LogP contribution in [0.25, 0.3) is 0 Å². The predicted molar refractivity (Wildman–Crippen MR) is 58.4 cm³/mol. The van der Waals surface area contributed by atoms with Gasteiger partial charge in [-0.3, -0.25) is 14.9 Å². The molecule has 0 N–H and O–H groups in total. The minimum Gasteiger partial charge on any atom is -0.466 e. The van der Waals surface area contributed by atoms with Gasteiger partial charge in [-0.2, -0.15) is 5.26 Å². The lowest BCUT2D eigenvalue weighted by molar-refractivity contribution is -0.545. The predicted octanol–water partition coefficient (Wildman–Crippen LogP) is 1.22. The zero-order valence-corrected chi connectivity index (χ0v) is 9.33. The van der Waals surface area contributed by atoms with Crippen molar-refractivity contribution in [3.63, 3.8) is 0 Å². The molecule has 1 rings (SSSR count). The number of hydrogen-bond donors (Lipinski definition) is 0. The van der Waals surface area contributed by atoms with Crippen LogP contribution in [0.15, 0.2) is 24.3 Å². The summed E-state index contributed by atoms with van der Waals surface area (Å²) in [6.07, 6.45) is 5.54. The highest BCUT2D eigenvalue weighted by atomic mass is 16.6. The lowest BCUT2D eigenvalue weighted by atomic mass is 9.80.